The predicted molar refractivity (Wildman–Crippen MR) is 74.3 cm³/mol. The number of ether oxygens (including phenoxy) is 1. The predicted octanol–water partition coefficient (Wildman–Crippen LogP) is 2.32. The third-order valence-corrected chi connectivity index (χ3v) is 3.91. The van der Waals surface area contributed by atoms with Gasteiger partial charge in [-0.1, -0.05) is 12.1 Å². The second-order valence-electron chi connectivity index (χ2n) is 5.45. The minimum absolute atomic E-state index is 0.262. The molecule has 3 nitrogen and oxygen atoms in total. The minimum atomic E-state index is -0.834. The topological polar surface area (TPSA) is 38.5 Å². The molecular formula is C15H22F2N2O. The Morgan fingerprint density at radius 2 is 2.25 bits per heavy atom. The van der Waals surface area contributed by atoms with Crippen molar-refractivity contribution in [3.8, 4) is 0 Å². The average Bonchev–Trinajstić information content (AvgIpc) is 2.87. The lowest BCUT2D eigenvalue weighted by Crippen LogP contribution is -2.26. The van der Waals surface area contributed by atoms with E-state index in [4.69, 9.17) is 10.5 Å². The molecule has 0 spiro atoms. The van der Waals surface area contributed by atoms with E-state index >= 15 is 0 Å². The zero-order valence-electron chi connectivity index (χ0n) is 11.8. The van der Waals surface area contributed by atoms with Crippen molar-refractivity contribution in [2.24, 2.45) is 11.7 Å². The van der Waals surface area contributed by atoms with Gasteiger partial charge in [0.25, 0.3) is 0 Å². The summed E-state index contributed by atoms with van der Waals surface area (Å²) in [5.74, 6) is -1.08. The molecule has 112 valence electrons. The maximum atomic E-state index is 13.6. The van der Waals surface area contributed by atoms with Crippen LogP contribution in [0.2, 0.25) is 0 Å². The van der Waals surface area contributed by atoms with E-state index in [1.54, 1.807) is 13.2 Å². The Morgan fingerprint density at radius 3 is 3.00 bits per heavy atom. The molecule has 1 saturated heterocycles. The first kappa shape index (κ1) is 15.4. The Bertz CT molecular complexity index is 442. The summed E-state index contributed by atoms with van der Waals surface area (Å²) in [6, 6.07) is 3.70. The van der Waals surface area contributed by atoms with Crippen molar-refractivity contribution < 1.29 is 13.5 Å². The van der Waals surface area contributed by atoms with E-state index in [0.29, 0.717) is 12.3 Å². The molecule has 0 amide bonds. The Hall–Kier alpha value is -1.04. The van der Waals surface area contributed by atoms with E-state index in [9.17, 15) is 8.78 Å². The van der Waals surface area contributed by atoms with Gasteiger partial charge in [0, 0.05) is 25.3 Å². The summed E-state index contributed by atoms with van der Waals surface area (Å²) >= 11 is 0. The van der Waals surface area contributed by atoms with Gasteiger partial charge >= 0.3 is 0 Å². The van der Waals surface area contributed by atoms with Gasteiger partial charge < -0.3 is 15.4 Å². The Labute approximate surface area is 118 Å². The first-order valence-electron chi connectivity index (χ1n) is 7.02. The van der Waals surface area contributed by atoms with Crippen molar-refractivity contribution in [1.29, 1.82) is 0 Å². The van der Waals surface area contributed by atoms with Crippen LogP contribution >= 0.6 is 0 Å². The second-order valence-corrected chi connectivity index (χ2v) is 5.45. The van der Waals surface area contributed by atoms with E-state index in [2.05, 4.69) is 4.90 Å². The van der Waals surface area contributed by atoms with Gasteiger partial charge in [-0.2, -0.15) is 0 Å². The summed E-state index contributed by atoms with van der Waals surface area (Å²) in [7, 11) is 1.71. The highest BCUT2D eigenvalue weighted by Crippen LogP contribution is 2.22. The van der Waals surface area contributed by atoms with Gasteiger partial charge in [0.15, 0.2) is 11.6 Å². The minimum Gasteiger partial charge on any atom is -0.384 e. The van der Waals surface area contributed by atoms with Crippen LogP contribution in [0, 0.1) is 17.6 Å². The fraction of sp³-hybridized carbons (Fsp3) is 0.600. The fourth-order valence-corrected chi connectivity index (χ4v) is 2.77. The number of hydrogen-bond acceptors (Lipinski definition) is 3. The van der Waals surface area contributed by atoms with Crippen LogP contribution in [0.1, 0.15) is 24.4 Å². The van der Waals surface area contributed by atoms with Crippen LogP contribution in [0.4, 0.5) is 8.78 Å². The van der Waals surface area contributed by atoms with Crippen LogP contribution in [-0.4, -0.2) is 38.3 Å². The SMILES string of the molecule is COCC1CCN(CCC(N)c2cccc(F)c2F)C1. The van der Waals surface area contributed by atoms with Crippen molar-refractivity contribution in [2.75, 3.05) is 33.4 Å². The highest BCUT2D eigenvalue weighted by molar-refractivity contribution is 5.22. The molecule has 20 heavy (non-hydrogen) atoms. The van der Waals surface area contributed by atoms with Gasteiger partial charge in [0.2, 0.25) is 0 Å². The lowest BCUT2D eigenvalue weighted by molar-refractivity contribution is 0.153. The summed E-state index contributed by atoms with van der Waals surface area (Å²) in [5, 5.41) is 0. The van der Waals surface area contributed by atoms with Crippen molar-refractivity contribution in [2.45, 2.75) is 18.9 Å². The molecule has 2 rings (SSSR count). The van der Waals surface area contributed by atoms with Gasteiger partial charge in [0.1, 0.15) is 0 Å². The van der Waals surface area contributed by atoms with Crippen LogP contribution in [0.25, 0.3) is 0 Å². The van der Waals surface area contributed by atoms with E-state index < -0.39 is 17.7 Å². The molecule has 0 radical (unpaired) electrons. The standard InChI is InChI=1S/C15H22F2N2O/c1-20-10-11-5-7-19(9-11)8-6-14(18)12-3-2-4-13(16)15(12)17/h2-4,11,14H,5-10,18H2,1H3. The van der Waals surface area contributed by atoms with Crippen molar-refractivity contribution >= 4 is 0 Å². The maximum absolute atomic E-state index is 13.6. The third-order valence-electron chi connectivity index (χ3n) is 3.91. The van der Waals surface area contributed by atoms with Gasteiger partial charge in [0.05, 0.1) is 6.61 Å². The number of benzene rings is 1. The normalized spacial score (nSPS) is 21.3. The molecule has 2 N–H and O–H groups in total. The number of methoxy groups -OCH3 is 1. The summed E-state index contributed by atoms with van der Waals surface area (Å²) in [6.07, 6.45) is 1.75. The number of nitrogens with two attached hydrogens (primary N) is 1. The molecule has 1 aromatic carbocycles. The summed E-state index contributed by atoms with van der Waals surface area (Å²) in [5.41, 5.74) is 6.24. The van der Waals surface area contributed by atoms with Crippen LogP contribution < -0.4 is 5.73 Å². The number of nitrogens with zero attached hydrogens (tertiary/aromatic N) is 1. The summed E-state index contributed by atoms with van der Waals surface area (Å²) in [4.78, 5) is 2.31. The quantitative estimate of drug-likeness (QED) is 0.871. The molecule has 0 aliphatic carbocycles. The van der Waals surface area contributed by atoms with E-state index in [1.807, 2.05) is 0 Å². The van der Waals surface area contributed by atoms with Crippen LogP contribution in [0.15, 0.2) is 18.2 Å². The summed E-state index contributed by atoms with van der Waals surface area (Å²) in [6.45, 7) is 3.59. The first-order chi connectivity index (χ1) is 9.61. The highest BCUT2D eigenvalue weighted by Gasteiger charge is 2.23. The average molecular weight is 284 g/mol. The largest absolute Gasteiger partial charge is 0.384 e. The number of hydrogen-bond donors (Lipinski definition) is 1. The first-order valence-corrected chi connectivity index (χ1v) is 7.02. The molecule has 1 aromatic rings. The molecule has 1 fully saturated rings. The zero-order valence-corrected chi connectivity index (χ0v) is 11.8. The molecule has 2 unspecified atom stereocenters. The lowest BCUT2D eigenvalue weighted by atomic mass is 10.0. The second kappa shape index (κ2) is 7.11. The van der Waals surface area contributed by atoms with Crippen molar-refractivity contribution in [3.05, 3.63) is 35.4 Å². The molecule has 5 heteroatoms. The Morgan fingerprint density at radius 1 is 1.45 bits per heavy atom. The van der Waals surface area contributed by atoms with Crippen LogP contribution in [-0.2, 0) is 4.74 Å². The van der Waals surface area contributed by atoms with Gasteiger partial charge in [-0.15, -0.1) is 0 Å². The Kier molecular flexibility index (Phi) is 5.46. The van der Waals surface area contributed by atoms with Crippen LogP contribution in [0.3, 0.4) is 0 Å². The molecule has 0 saturated carbocycles. The molecule has 1 aliphatic rings. The zero-order chi connectivity index (χ0) is 14.5. The van der Waals surface area contributed by atoms with E-state index in [-0.39, 0.29) is 5.56 Å². The third kappa shape index (κ3) is 3.75. The molecule has 0 bridgehead atoms. The molecular weight excluding hydrogens is 262 g/mol. The van der Waals surface area contributed by atoms with Gasteiger partial charge in [-0.05, 0) is 37.9 Å². The molecule has 2 atom stereocenters. The van der Waals surface area contributed by atoms with E-state index in [1.165, 1.54) is 6.07 Å². The number of halogens is 2. The van der Waals surface area contributed by atoms with E-state index in [0.717, 1.165) is 38.7 Å². The van der Waals surface area contributed by atoms with Crippen molar-refractivity contribution in [1.82, 2.24) is 4.90 Å². The monoisotopic (exact) mass is 284 g/mol. The van der Waals surface area contributed by atoms with Crippen LogP contribution in [0.5, 0.6) is 0 Å². The highest BCUT2D eigenvalue weighted by atomic mass is 19.2. The van der Waals surface area contributed by atoms with Gasteiger partial charge in [-0.3, -0.25) is 0 Å². The molecule has 0 aromatic heterocycles. The number of rotatable bonds is 6. The summed E-state index contributed by atoms with van der Waals surface area (Å²) < 4.78 is 31.9. The fourth-order valence-electron chi connectivity index (χ4n) is 2.77. The molecule has 1 heterocycles. The maximum Gasteiger partial charge on any atom is 0.163 e. The lowest BCUT2D eigenvalue weighted by Gasteiger charge is -2.19. The Balaban J connectivity index is 1.84. The smallest absolute Gasteiger partial charge is 0.163 e. The number of likely N-dealkylation sites (tertiary alicyclic amines) is 1. The van der Waals surface area contributed by atoms with Gasteiger partial charge in [-0.25, -0.2) is 8.78 Å². The molecule has 1 aliphatic heterocycles. The van der Waals surface area contributed by atoms with Crippen molar-refractivity contribution in [3.63, 3.8) is 0 Å².